The van der Waals surface area contributed by atoms with Crippen molar-refractivity contribution in [2.75, 3.05) is 6.26 Å². The van der Waals surface area contributed by atoms with Gasteiger partial charge in [0.05, 0.1) is 18.0 Å². The quantitative estimate of drug-likeness (QED) is 0.797. The number of fused-ring (bicyclic) bond motifs is 1. The third-order valence-corrected chi connectivity index (χ3v) is 6.05. The number of hydrogen-bond acceptors (Lipinski definition) is 4. The average molecular weight is 304 g/mol. The Bertz CT molecular complexity index is 480. The van der Waals surface area contributed by atoms with Crippen LogP contribution in [0, 0.1) is 16.7 Å². The van der Waals surface area contributed by atoms with Crippen LogP contribution in [0.15, 0.2) is 0 Å². The van der Waals surface area contributed by atoms with Crippen LogP contribution < -0.4 is 0 Å². The molecule has 118 valence electrons. The van der Waals surface area contributed by atoms with Crippen molar-refractivity contribution in [3.05, 3.63) is 0 Å². The molecule has 4 atom stereocenters. The molecule has 2 aliphatic carbocycles. The van der Waals surface area contributed by atoms with Crippen molar-refractivity contribution in [1.29, 1.82) is 0 Å². The molecule has 4 nitrogen and oxygen atoms in total. The van der Waals surface area contributed by atoms with Crippen LogP contribution in [-0.2, 0) is 14.3 Å². The minimum absolute atomic E-state index is 0.0130. The van der Waals surface area contributed by atoms with E-state index >= 15 is 0 Å². The maximum Gasteiger partial charge on any atom is 0.264 e. The second-order valence-electron chi connectivity index (χ2n) is 8.13. The number of aliphatic hydroxyl groups is 1. The Morgan fingerprint density at radius 2 is 1.70 bits per heavy atom. The standard InChI is InChI=1S/C15H28O4S/c1-13(2)9-11-14(3,7-6-8-15(11,4)16)12(10-13)19-20(5,17)18/h11-12,16H,6-10H2,1-5H3/t11-,12+,14+,15-/m0/s1. The number of rotatable bonds is 2. The lowest BCUT2D eigenvalue weighted by molar-refractivity contribution is -0.175. The lowest BCUT2D eigenvalue weighted by Crippen LogP contribution is -2.59. The Morgan fingerprint density at radius 3 is 2.25 bits per heavy atom. The molecule has 0 spiro atoms. The summed E-state index contributed by atoms with van der Waals surface area (Å²) in [6, 6.07) is 0. The fourth-order valence-electron chi connectivity index (χ4n) is 4.45. The van der Waals surface area contributed by atoms with Gasteiger partial charge in [-0.1, -0.05) is 20.8 Å². The van der Waals surface area contributed by atoms with Gasteiger partial charge in [-0.3, -0.25) is 4.18 Å². The maximum absolute atomic E-state index is 11.6. The van der Waals surface area contributed by atoms with E-state index in [1.54, 1.807) is 0 Å². The Kier molecular flexibility index (Phi) is 3.80. The van der Waals surface area contributed by atoms with E-state index in [0.29, 0.717) is 0 Å². The predicted octanol–water partition coefficient (Wildman–Crippen LogP) is 2.71. The summed E-state index contributed by atoms with van der Waals surface area (Å²) in [7, 11) is -3.48. The van der Waals surface area contributed by atoms with Crippen molar-refractivity contribution in [1.82, 2.24) is 0 Å². The van der Waals surface area contributed by atoms with Gasteiger partial charge in [0.25, 0.3) is 10.1 Å². The summed E-state index contributed by atoms with van der Waals surface area (Å²) in [6.45, 7) is 8.26. The first kappa shape index (κ1) is 16.2. The Hall–Kier alpha value is -0.130. The monoisotopic (exact) mass is 304 g/mol. The molecule has 0 aromatic rings. The summed E-state index contributed by atoms with van der Waals surface area (Å²) in [6.07, 6.45) is 5.05. The molecule has 0 radical (unpaired) electrons. The normalized spacial score (nSPS) is 44.9. The molecule has 0 amide bonds. The van der Waals surface area contributed by atoms with E-state index < -0.39 is 15.7 Å². The minimum Gasteiger partial charge on any atom is -0.390 e. The summed E-state index contributed by atoms with van der Waals surface area (Å²) in [5.41, 5.74) is -1.01. The lowest BCUT2D eigenvalue weighted by Gasteiger charge is -2.59. The molecule has 1 N–H and O–H groups in total. The van der Waals surface area contributed by atoms with Crippen LogP contribution in [-0.4, -0.2) is 31.5 Å². The van der Waals surface area contributed by atoms with Gasteiger partial charge in [0.2, 0.25) is 0 Å². The molecular weight excluding hydrogens is 276 g/mol. The van der Waals surface area contributed by atoms with Crippen LogP contribution in [0.5, 0.6) is 0 Å². The Morgan fingerprint density at radius 1 is 1.10 bits per heavy atom. The molecule has 20 heavy (non-hydrogen) atoms. The zero-order valence-electron chi connectivity index (χ0n) is 13.3. The largest absolute Gasteiger partial charge is 0.390 e. The smallest absolute Gasteiger partial charge is 0.264 e. The van der Waals surface area contributed by atoms with E-state index in [4.69, 9.17) is 4.18 Å². The molecule has 0 saturated heterocycles. The molecule has 2 aliphatic rings. The summed E-state index contributed by atoms with van der Waals surface area (Å²) in [5, 5.41) is 10.8. The van der Waals surface area contributed by atoms with Crippen molar-refractivity contribution >= 4 is 10.1 Å². The van der Waals surface area contributed by atoms with Crippen molar-refractivity contribution < 1.29 is 17.7 Å². The van der Waals surface area contributed by atoms with Crippen molar-refractivity contribution in [2.24, 2.45) is 16.7 Å². The molecule has 0 aliphatic heterocycles. The second-order valence-corrected chi connectivity index (χ2v) is 9.73. The summed E-state index contributed by atoms with van der Waals surface area (Å²) < 4.78 is 28.6. The van der Waals surface area contributed by atoms with E-state index in [9.17, 15) is 13.5 Å². The first-order valence-corrected chi connectivity index (χ1v) is 9.28. The highest BCUT2D eigenvalue weighted by Gasteiger charge is 2.58. The second kappa shape index (κ2) is 4.68. The average Bonchev–Trinajstić information content (AvgIpc) is 2.19. The first-order chi connectivity index (χ1) is 8.86. The Balaban J connectivity index is 2.40. The van der Waals surface area contributed by atoms with Gasteiger partial charge in [0, 0.05) is 5.41 Å². The molecule has 0 aromatic heterocycles. The van der Waals surface area contributed by atoms with Gasteiger partial charge in [-0.25, -0.2) is 0 Å². The fourth-order valence-corrected chi connectivity index (χ4v) is 5.16. The summed E-state index contributed by atoms with van der Waals surface area (Å²) >= 11 is 0. The maximum atomic E-state index is 11.6. The molecule has 5 heteroatoms. The van der Waals surface area contributed by atoms with Crippen LogP contribution >= 0.6 is 0 Å². The Labute approximate surface area is 123 Å². The van der Waals surface area contributed by atoms with E-state index in [2.05, 4.69) is 20.8 Å². The summed E-state index contributed by atoms with van der Waals surface area (Å²) in [5.74, 6) is 0.0826. The van der Waals surface area contributed by atoms with Gasteiger partial charge in [0.15, 0.2) is 0 Å². The predicted molar refractivity (Wildman–Crippen MR) is 78.8 cm³/mol. The number of hydrogen-bond donors (Lipinski definition) is 1. The van der Waals surface area contributed by atoms with Crippen molar-refractivity contribution in [3.8, 4) is 0 Å². The zero-order chi connectivity index (χ0) is 15.4. The lowest BCUT2D eigenvalue weighted by atomic mass is 9.50. The molecule has 0 unspecified atom stereocenters. The zero-order valence-corrected chi connectivity index (χ0v) is 14.1. The van der Waals surface area contributed by atoms with Gasteiger partial charge >= 0.3 is 0 Å². The van der Waals surface area contributed by atoms with Crippen LogP contribution in [0.2, 0.25) is 0 Å². The highest BCUT2D eigenvalue weighted by molar-refractivity contribution is 7.86. The van der Waals surface area contributed by atoms with Gasteiger partial charge < -0.3 is 5.11 Å². The van der Waals surface area contributed by atoms with Gasteiger partial charge in [0.1, 0.15) is 0 Å². The molecule has 2 saturated carbocycles. The molecule has 0 bridgehead atoms. The third-order valence-electron chi connectivity index (χ3n) is 5.47. The topological polar surface area (TPSA) is 63.6 Å². The van der Waals surface area contributed by atoms with E-state index in [1.807, 2.05) is 6.92 Å². The van der Waals surface area contributed by atoms with Crippen molar-refractivity contribution in [3.63, 3.8) is 0 Å². The van der Waals surface area contributed by atoms with E-state index in [-0.39, 0.29) is 22.9 Å². The van der Waals surface area contributed by atoms with Crippen LogP contribution in [0.3, 0.4) is 0 Å². The van der Waals surface area contributed by atoms with Crippen molar-refractivity contribution in [2.45, 2.75) is 71.5 Å². The molecule has 0 heterocycles. The van der Waals surface area contributed by atoms with Gasteiger partial charge in [-0.05, 0) is 50.4 Å². The minimum atomic E-state index is -3.48. The van der Waals surface area contributed by atoms with E-state index in [1.165, 1.54) is 0 Å². The van der Waals surface area contributed by atoms with E-state index in [0.717, 1.165) is 38.4 Å². The third kappa shape index (κ3) is 3.04. The first-order valence-electron chi connectivity index (χ1n) is 7.46. The molecule has 0 aromatic carbocycles. The summed E-state index contributed by atoms with van der Waals surface area (Å²) in [4.78, 5) is 0. The molecular formula is C15H28O4S. The van der Waals surface area contributed by atoms with Crippen LogP contribution in [0.25, 0.3) is 0 Å². The highest BCUT2D eigenvalue weighted by Crippen LogP contribution is 2.59. The van der Waals surface area contributed by atoms with Crippen LogP contribution in [0.4, 0.5) is 0 Å². The fraction of sp³-hybridized carbons (Fsp3) is 1.00. The SMILES string of the molecule is CC1(C)C[C@@H](OS(C)(=O)=O)[C@]2(C)CCC[C@](C)(O)[C@H]2C1. The van der Waals surface area contributed by atoms with Gasteiger partial charge in [-0.2, -0.15) is 8.42 Å². The van der Waals surface area contributed by atoms with Gasteiger partial charge in [-0.15, -0.1) is 0 Å². The molecule has 2 fully saturated rings. The molecule has 2 rings (SSSR count). The highest BCUT2D eigenvalue weighted by atomic mass is 32.2. The van der Waals surface area contributed by atoms with Crippen LogP contribution in [0.1, 0.15) is 59.8 Å².